The molecule has 10 heteroatoms. The molecule has 1 saturated heterocycles. The fraction of sp³-hybridized carbons (Fsp3) is 0.261. The van der Waals surface area contributed by atoms with Gasteiger partial charge in [-0.05, 0) is 61.0 Å². The number of carbonyl (C=O) groups excluding carboxylic acids is 3. The number of anilines is 1. The summed E-state index contributed by atoms with van der Waals surface area (Å²) < 4.78 is 24.9. The molecule has 1 unspecified atom stereocenters. The highest BCUT2D eigenvalue weighted by atomic mass is 35.5. The molecule has 1 heterocycles. The summed E-state index contributed by atoms with van der Waals surface area (Å²) in [6.07, 6.45) is 2.19. The van der Waals surface area contributed by atoms with E-state index in [1.54, 1.807) is 18.2 Å². The molecule has 0 aliphatic carbocycles. The van der Waals surface area contributed by atoms with Crippen LogP contribution in [0.3, 0.4) is 0 Å². The standard InChI is InChI=1S/C23H22ClFN2O5S/c1-4-13(2)32-21-15(24)9-14(10-18(21)31-3)11-19-22(29)27(23(30)33-19)12-20(28)26-17-8-6-5-7-16(17)25/h5-11,13H,4,12H2,1-3H3,(H,26,28). The van der Waals surface area contributed by atoms with Crippen molar-refractivity contribution in [2.24, 2.45) is 0 Å². The van der Waals surface area contributed by atoms with Crippen LogP contribution in [0.15, 0.2) is 41.3 Å². The Hall–Kier alpha value is -3.04. The Kier molecular flexibility index (Phi) is 7.99. The number of hydrogen-bond donors (Lipinski definition) is 1. The van der Waals surface area contributed by atoms with Gasteiger partial charge >= 0.3 is 0 Å². The van der Waals surface area contributed by atoms with Gasteiger partial charge in [0.05, 0.1) is 28.8 Å². The van der Waals surface area contributed by atoms with Crippen molar-refractivity contribution in [1.82, 2.24) is 4.90 Å². The van der Waals surface area contributed by atoms with E-state index in [9.17, 15) is 18.8 Å². The smallest absolute Gasteiger partial charge is 0.294 e. The number of nitrogens with one attached hydrogen (secondary N) is 1. The monoisotopic (exact) mass is 492 g/mol. The second-order valence-electron chi connectivity index (χ2n) is 7.17. The van der Waals surface area contributed by atoms with Gasteiger partial charge in [0.1, 0.15) is 12.4 Å². The molecule has 0 bridgehead atoms. The molecule has 174 valence electrons. The number of methoxy groups -OCH3 is 1. The molecule has 2 aromatic rings. The molecule has 7 nitrogen and oxygen atoms in total. The fourth-order valence-electron chi connectivity index (χ4n) is 2.91. The Morgan fingerprint density at radius 3 is 2.70 bits per heavy atom. The van der Waals surface area contributed by atoms with Crippen LogP contribution in [-0.2, 0) is 9.59 Å². The molecule has 1 fully saturated rings. The van der Waals surface area contributed by atoms with Gasteiger partial charge in [-0.3, -0.25) is 19.3 Å². The van der Waals surface area contributed by atoms with E-state index in [4.69, 9.17) is 21.1 Å². The average molecular weight is 493 g/mol. The molecule has 3 rings (SSSR count). The second kappa shape index (κ2) is 10.7. The summed E-state index contributed by atoms with van der Waals surface area (Å²) in [5.74, 6) is -1.17. The van der Waals surface area contributed by atoms with Crippen molar-refractivity contribution in [3.8, 4) is 11.5 Å². The number of amides is 3. The zero-order chi connectivity index (χ0) is 24.1. The summed E-state index contributed by atoms with van der Waals surface area (Å²) in [6.45, 7) is 3.34. The lowest BCUT2D eigenvalue weighted by Crippen LogP contribution is -2.36. The van der Waals surface area contributed by atoms with E-state index in [1.165, 1.54) is 31.4 Å². The molecule has 1 aliphatic heterocycles. The van der Waals surface area contributed by atoms with Gasteiger partial charge in [-0.1, -0.05) is 30.7 Å². The Labute approximate surface area is 199 Å². The molecule has 1 N–H and O–H groups in total. The minimum absolute atomic E-state index is 0.0357. The molecular formula is C23H22ClFN2O5S. The van der Waals surface area contributed by atoms with Crippen LogP contribution in [-0.4, -0.2) is 41.7 Å². The normalized spacial score (nSPS) is 15.7. The first-order valence-electron chi connectivity index (χ1n) is 10.1. The van der Waals surface area contributed by atoms with Gasteiger partial charge in [0.25, 0.3) is 11.1 Å². The summed E-state index contributed by atoms with van der Waals surface area (Å²) >= 11 is 7.06. The Morgan fingerprint density at radius 1 is 1.30 bits per heavy atom. The lowest BCUT2D eigenvalue weighted by atomic mass is 10.1. The van der Waals surface area contributed by atoms with E-state index in [0.29, 0.717) is 33.8 Å². The number of benzene rings is 2. The first-order chi connectivity index (χ1) is 15.7. The molecule has 1 atom stereocenters. The molecule has 0 spiro atoms. The summed E-state index contributed by atoms with van der Waals surface area (Å²) in [4.78, 5) is 38.3. The quantitative estimate of drug-likeness (QED) is 0.501. The predicted octanol–water partition coefficient (Wildman–Crippen LogP) is 5.34. The second-order valence-corrected chi connectivity index (χ2v) is 8.57. The van der Waals surface area contributed by atoms with Crippen LogP contribution >= 0.6 is 23.4 Å². The highest BCUT2D eigenvalue weighted by Crippen LogP contribution is 2.39. The minimum atomic E-state index is -0.695. The Bertz CT molecular complexity index is 1120. The fourth-order valence-corrected chi connectivity index (χ4v) is 4.01. The van der Waals surface area contributed by atoms with Crippen molar-refractivity contribution in [3.63, 3.8) is 0 Å². The van der Waals surface area contributed by atoms with Crippen LogP contribution in [0.5, 0.6) is 11.5 Å². The number of para-hydroxylation sites is 1. The van der Waals surface area contributed by atoms with Crippen LogP contribution in [0.4, 0.5) is 14.9 Å². The minimum Gasteiger partial charge on any atom is -0.493 e. The maximum Gasteiger partial charge on any atom is 0.294 e. The lowest BCUT2D eigenvalue weighted by Gasteiger charge is -2.17. The van der Waals surface area contributed by atoms with E-state index in [-0.39, 0.29) is 16.7 Å². The summed E-state index contributed by atoms with van der Waals surface area (Å²) in [5, 5.41) is 2.04. The van der Waals surface area contributed by atoms with Crippen LogP contribution < -0.4 is 14.8 Å². The van der Waals surface area contributed by atoms with E-state index in [2.05, 4.69) is 5.32 Å². The Balaban J connectivity index is 1.77. The van der Waals surface area contributed by atoms with Crippen molar-refractivity contribution in [2.45, 2.75) is 26.4 Å². The van der Waals surface area contributed by atoms with Crippen molar-refractivity contribution in [2.75, 3.05) is 19.0 Å². The van der Waals surface area contributed by atoms with Crippen LogP contribution in [0, 0.1) is 5.82 Å². The largest absolute Gasteiger partial charge is 0.493 e. The van der Waals surface area contributed by atoms with E-state index in [1.807, 2.05) is 13.8 Å². The van der Waals surface area contributed by atoms with Crippen molar-refractivity contribution < 1.29 is 28.2 Å². The van der Waals surface area contributed by atoms with Gasteiger partial charge in [0.15, 0.2) is 11.5 Å². The molecular weight excluding hydrogens is 471 g/mol. The average Bonchev–Trinajstić information content (AvgIpc) is 3.04. The molecule has 0 saturated carbocycles. The van der Waals surface area contributed by atoms with Gasteiger partial charge in [-0.15, -0.1) is 0 Å². The van der Waals surface area contributed by atoms with Crippen LogP contribution in [0.1, 0.15) is 25.8 Å². The predicted molar refractivity (Wildman–Crippen MR) is 126 cm³/mol. The van der Waals surface area contributed by atoms with E-state index >= 15 is 0 Å². The SMILES string of the molecule is CCC(C)Oc1c(Cl)cc(C=C2SC(=O)N(CC(=O)Nc3ccccc3F)C2=O)cc1OC. The molecule has 2 aromatic carbocycles. The zero-order valence-electron chi connectivity index (χ0n) is 18.2. The molecule has 3 amide bonds. The summed E-state index contributed by atoms with van der Waals surface area (Å²) in [5.41, 5.74) is 0.487. The highest BCUT2D eigenvalue weighted by Gasteiger charge is 2.36. The van der Waals surface area contributed by atoms with Crippen LogP contribution in [0.2, 0.25) is 5.02 Å². The van der Waals surface area contributed by atoms with Gasteiger partial charge in [-0.25, -0.2) is 4.39 Å². The number of nitrogens with zero attached hydrogens (tertiary/aromatic N) is 1. The molecule has 1 aliphatic rings. The van der Waals surface area contributed by atoms with E-state index < -0.39 is 29.4 Å². The molecule has 0 aromatic heterocycles. The summed E-state index contributed by atoms with van der Waals surface area (Å²) in [7, 11) is 1.47. The highest BCUT2D eigenvalue weighted by molar-refractivity contribution is 8.18. The first kappa shape index (κ1) is 24.6. The lowest BCUT2D eigenvalue weighted by molar-refractivity contribution is -0.127. The number of imide groups is 1. The third-order valence-electron chi connectivity index (χ3n) is 4.77. The van der Waals surface area contributed by atoms with Crippen molar-refractivity contribution in [3.05, 3.63) is 57.7 Å². The van der Waals surface area contributed by atoms with Gasteiger partial charge in [0, 0.05) is 0 Å². The number of carbonyl (C=O) groups is 3. The molecule has 33 heavy (non-hydrogen) atoms. The maximum atomic E-state index is 13.7. The molecule has 0 radical (unpaired) electrons. The Morgan fingerprint density at radius 2 is 2.03 bits per heavy atom. The number of hydrogen-bond acceptors (Lipinski definition) is 6. The van der Waals surface area contributed by atoms with Crippen LogP contribution in [0.25, 0.3) is 6.08 Å². The zero-order valence-corrected chi connectivity index (χ0v) is 19.8. The first-order valence-corrected chi connectivity index (χ1v) is 11.3. The number of halogens is 2. The van der Waals surface area contributed by atoms with Crippen molar-refractivity contribution >= 4 is 52.2 Å². The van der Waals surface area contributed by atoms with E-state index in [0.717, 1.165) is 11.3 Å². The van der Waals surface area contributed by atoms with Gasteiger partial charge in [-0.2, -0.15) is 0 Å². The third-order valence-corrected chi connectivity index (χ3v) is 5.95. The third kappa shape index (κ3) is 5.85. The van der Waals surface area contributed by atoms with Gasteiger partial charge < -0.3 is 14.8 Å². The van der Waals surface area contributed by atoms with Crippen molar-refractivity contribution in [1.29, 1.82) is 0 Å². The van der Waals surface area contributed by atoms with Gasteiger partial charge in [0.2, 0.25) is 5.91 Å². The number of ether oxygens (including phenoxy) is 2. The maximum absolute atomic E-state index is 13.7. The number of thioether (sulfide) groups is 1. The number of rotatable bonds is 8. The summed E-state index contributed by atoms with van der Waals surface area (Å²) in [6, 6.07) is 8.85. The topological polar surface area (TPSA) is 84.9 Å².